The number of allylic oxidation sites excluding steroid dienone is 5. The van der Waals surface area contributed by atoms with E-state index in [-0.39, 0.29) is 23.0 Å². The van der Waals surface area contributed by atoms with E-state index in [4.69, 9.17) is 0 Å². The smallest absolute Gasteiger partial charge is 0.210 e. The van der Waals surface area contributed by atoms with Gasteiger partial charge in [0.05, 0.1) is 11.8 Å². The molecule has 0 aromatic carbocycles. The second kappa shape index (κ2) is 3.85. The van der Waals surface area contributed by atoms with Crippen LogP contribution in [0.5, 0.6) is 0 Å². The summed E-state index contributed by atoms with van der Waals surface area (Å²) in [6, 6.07) is 0. The van der Waals surface area contributed by atoms with Gasteiger partial charge >= 0.3 is 0 Å². The Balaban J connectivity index is 2.12. The fourth-order valence-corrected chi connectivity index (χ4v) is 2.74. The summed E-state index contributed by atoms with van der Waals surface area (Å²) in [6.45, 7) is 0.467. The lowest BCUT2D eigenvalue weighted by atomic mass is 9.75. The Morgan fingerprint density at radius 2 is 2.06 bits per heavy atom. The molecule has 5 heteroatoms. The molecule has 4 nitrogen and oxygen atoms in total. The van der Waals surface area contributed by atoms with Crippen molar-refractivity contribution in [3.05, 3.63) is 35.6 Å². The maximum atomic E-state index is 12.0. The van der Waals surface area contributed by atoms with Crippen molar-refractivity contribution in [3.63, 3.8) is 0 Å². The molecule has 0 bridgehead atoms. The fourth-order valence-electron chi connectivity index (χ4n) is 2.49. The SMILES string of the molecule is O=C1C(=O)C2CNC(S)NC2=C2C=CC=CC12. The van der Waals surface area contributed by atoms with E-state index in [0.717, 1.165) is 11.3 Å². The van der Waals surface area contributed by atoms with Gasteiger partial charge in [-0.3, -0.25) is 14.9 Å². The van der Waals surface area contributed by atoms with E-state index in [9.17, 15) is 9.59 Å². The highest BCUT2D eigenvalue weighted by molar-refractivity contribution is 7.80. The van der Waals surface area contributed by atoms with Crippen LogP contribution in [0.15, 0.2) is 35.6 Å². The number of thiol groups is 1. The molecule has 1 heterocycles. The predicted octanol–water partition coefficient (Wildman–Crippen LogP) is 0.157. The zero-order chi connectivity index (χ0) is 12.0. The summed E-state index contributed by atoms with van der Waals surface area (Å²) in [4.78, 5) is 23.9. The molecule has 1 saturated heterocycles. The average Bonchev–Trinajstić information content (AvgIpc) is 2.36. The summed E-state index contributed by atoms with van der Waals surface area (Å²) in [5.74, 6) is -1.41. The van der Waals surface area contributed by atoms with Crippen LogP contribution in [0, 0.1) is 11.8 Å². The number of hydrogen-bond acceptors (Lipinski definition) is 5. The maximum absolute atomic E-state index is 12.0. The third-order valence-corrected chi connectivity index (χ3v) is 3.65. The van der Waals surface area contributed by atoms with Gasteiger partial charge in [-0.05, 0) is 5.57 Å². The molecule has 0 radical (unpaired) electrons. The highest BCUT2D eigenvalue weighted by Crippen LogP contribution is 2.33. The average molecular weight is 248 g/mol. The molecule has 3 rings (SSSR count). The van der Waals surface area contributed by atoms with Gasteiger partial charge in [-0.25, -0.2) is 0 Å². The molecule has 0 saturated carbocycles. The van der Waals surface area contributed by atoms with E-state index in [2.05, 4.69) is 23.3 Å². The van der Waals surface area contributed by atoms with Crippen molar-refractivity contribution in [1.29, 1.82) is 0 Å². The molecule has 3 atom stereocenters. The quantitative estimate of drug-likeness (QED) is 0.422. The summed E-state index contributed by atoms with van der Waals surface area (Å²) >= 11 is 4.29. The van der Waals surface area contributed by atoms with E-state index < -0.39 is 5.92 Å². The highest BCUT2D eigenvalue weighted by atomic mass is 32.1. The standard InChI is InChI=1S/C12H12N2O2S/c15-10-7-4-2-1-3-6(7)9-8(11(10)16)5-13-12(17)14-9/h1-4,7-8,12-14,17H,5H2. The fraction of sp³-hybridized carbons (Fsp3) is 0.333. The van der Waals surface area contributed by atoms with Gasteiger partial charge in [0, 0.05) is 12.2 Å². The van der Waals surface area contributed by atoms with Crippen LogP contribution in [-0.2, 0) is 9.59 Å². The molecule has 0 aromatic heterocycles. The summed E-state index contributed by atoms with van der Waals surface area (Å²) in [7, 11) is 0. The molecule has 1 fully saturated rings. The molecular weight excluding hydrogens is 236 g/mol. The summed E-state index contributed by atoms with van der Waals surface area (Å²) < 4.78 is 0. The summed E-state index contributed by atoms with van der Waals surface area (Å²) in [5.41, 5.74) is 1.58. The van der Waals surface area contributed by atoms with Crippen LogP contribution in [0.2, 0.25) is 0 Å². The second-order valence-electron chi connectivity index (χ2n) is 4.33. The van der Waals surface area contributed by atoms with Crippen LogP contribution >= 0.6 is 12.6 Å². The van der Waals surface area contributed by atoms with E-state index in [1.165, 1.54) is 0 Å². The van der Waals surface area contributed by atoms with Crippen molar-refractivity contribution in [2.45, 2.75) is 5.50 Å². The molecule has 1 aliphatic heterocycles. The van der Waals surface area contributed by atoms with Crippen LogP contribution in [0.1, 0.15) is 0 Å². The second-order valence-corrected chi connectivity index (χ2v) is 4.84. The predicted molar refractivity (Wildman–Crippen MR) is 66.2 cm³/mol. The van der Waals surface area contributed by atoms with Gasteiger partial charge < -0.3 is 5.32 Å². The molecule has 2 aliphatic carbocycles. The highest BCUT2D eigenvalue weighted by Gasteiger charge is 2.43. The molecule has 2 N–H and O–H groups in total. The third-order valence-electron chi connectivity index (χ3n) is 3.33. The Hall–Kier alpha value is -1.33. The van der Waals surface area contributed by atoms with Crippen LogP contribution in [-0.4, -0.2) is 23.6 Å². The summed E-state index contributed by atoms with van der Waals surface area (Å²) in [6.07, 6.45) is 7.36. The maximum Gasteiger partial charge on any atom is 0.210 e. The van der Waals surface area contributed by atoms with Gasteiger partial charge in [0.2, 0.25) is 11.6 Å². The first-order valence-corrected chi connectivity index (χ1v) is 6.05. The van der Waals surface area contributed by atoms with Crippen molar-refractivity contribution in [3.8, 4) is 0 Å². The normalized spacial score (nSPS) is 35.5. The lowest BCUT2D eigenvalue weighted by Gasteiger charge is -2.37. The van der Waals surface area contributed by atoms with Gasteiger partial charge in [-0.2, -0.15) is 0 Å². The number of rotatable bonds is 0. The number of nitrogens with one attached hydrogen (secondary N) is 2. The molecule has 3 unspecified atom stereocenters. The van der Waals surface area contributed by atoms with Gasteiger partial charge in [0.15, 0.2) is 0 Å². The minimum atomic E-state index is -0.412. The Morgan fingerprint density at radius 3 is 2.88 bits per heavy atom. The largest absolute Gasteiger partial charge is 0.364 e. The Bertz CT molecular complexity index is 493. The topological polar surface area (TPSA) is 58.2 Å². The number of carbonyl (C=O) groups excluding carboxylic acids is 2. The van der Waals surface area contributed by atoms with Gasteiger partial charge in [0.25, 0.3) is 0 Å². The van der Waals surface area contributed by atoms with Crippen LogP contribution in [0.4, 0.5) is 0 Å². The van der Waals surface area contributed by atoms with Crippen molar-refractivity contribution >= 4 is 24.2 Å². The van der Waals surface area contributed by atoms with Crippen molar-refractivity contribution in [1.82, 2.24) is 10.6 Å². The molecule has 17 heavy (non-hydrogen) atoms. The molecule has 0 spiro atoms. The van der Waals surface area contributed by atoms with Crippen LogP contribution in [0.25, 0.3) is 0 Å². The zero-order valence-electron chi connectivity index (χ0n) is 9.01. The van der Waals surface area contributed by atoms with Crippen molar-refractivity contribution < 1.29 is 9.59 Å². The first kappa shape index (κ1) is 10.8. The zero-order valence-corrected chi connectivity index (χ0v) is 9.91. The molecule has 0 aromatic rings. The van der Waals surface area contributed by atoms with Gasteiger partial charge in [0.1, 0.15) is 5.50 Å². The molecule has 88 valence electrons. The number of hydrogen-bond donors (Lipinski definition) is 3. The molecular formula is C12H12N2O2S. The number of ketones is 2. The lowest BCUT2D eigenvalue weighted by Crippen LogP contribution is -2.55. The van der Waals surface area contributed by atoms with E-state index in [0.29, 0.717) is 6.54 Å². The minimum Gasteiger partial charge on any atom is -0.364 e. The van der Waals surface area contributed by atoms with E-state index in [1.807, 2.05) is 12.2 Å². The van der Waals surface area contributed by atoms with Crippen LogP contribution < -0.4 is 10.6 Å². The van der Waals surface area contributed by atoms with Crippen molar-refractivity contribution in [2.24, 2.45) is 11.8 Å². The number of fused-ring (bicyclic) bond motifs is 2. The Labute approximate surface area is 104 Å². The monoisotopic (exact) mass is 248 g/mol. The first-order chi connectivity index (χ1) is 8.18. The van der Waals surface area contributed by atoms with Crippen molar-refractivity contribution in [2.75, 3.05) is 6.54 Å². The van der Waals surface area contributed by atoms with Gasteiger partial charge in [-0.1, -0.05) is 24.3 Å². The molecule has 0 amide bonds. The number of Topliss-reactive ketones (excluding diaryl/α,β-unsaturated/α-hetero) is 2. The van der Waals surface area contributed by atoms with Gasteiger partial charge in [-0.15, -0.1) is 12.6 Å². The van der Waals surface area contributed by atoms with E-state index >= 15 is 0 Å². The van der Waals surface area contributed by atoms with E-state index in [1.54, 1.807) is 12.2 Å². The summed E-state index contributed by atoms with van der Waals surface area (Å²) in [5, 5.41) is 6.17. The molecule has 3 aliphatic rings. The first-order valence-electron chi connectivity index (χ1n) is 5.53. The number of carbonyl (C=O) groups is 2. The lowest BCUT2D eigenvalue weighted by molar-refractivity contribution is -0.140. The Kier molecular flexibility index (Phi) is 2.45. The minimum absolute atomic E-state index is 0.172. The Morgan fingerprint density at radius 1 is 1.24 bits per heavy atom. The van der Waals surface area contributed by atoms with Crippen LogP contribution in [0.3, 0.4) is 0 Å². The third kappa shape index (κ3) is 1.57.